The fourth-order valence-corrected chi connectivity index (χ4v) is 4.55. The molecule has 7 heteroatoms. The number of likely N-dealkylation sites (tertiary alicyclic amines) is 1. The van der Waals surface area contributed by atoms with Crippen molar-refractivity contribution in [3.63, 3.8) is 0 Å². The molecule has 1 aromatic carbocycles. The van der Waals surface area contributed by atoms with Crippen LogP contribution >= 0.6 is 11.3 Å². The summed E-state index contributed by atoms with van der Waals surface area (Å²) in [6.07, 6.45) is 1.72. The molecular weight excluding hydrogens is 384 g/mol. The molecule has 29 heavy (non-hydrogen) atoms. The molecule has 0 aliphatic carbocycles. The minimum absolute atomic E-state index is 0.117. The van der Waals surface area contributed by atoms with E-state index in [1.807, 2.05) is 59.7 Å². The second-order valence-corrected chi connectivity index (χ2v) is 8.37. The summed E-state index contributed by atoms with van der Waals surface area (Å²) in [6, 6.07) is 13.3. The van der Waals surface area contributed by atoms with Gasteiger partial charge in [0.1, 0.15) is 0 Å². The maximum atomic E-state index is 12.7. The third-order valence-electron chi connectivity index (χ3n) is 5.43. The summed E-state index contributed by atoms with van der Waals surface area (Å²) in [5.74, 6) is 0.256. The van der Waals surface area contributed by atoms with Crippen LogP contribution in [-0.4, -0.2) is 47.0 Å². The number of amides is 2. The van der Waals surface area contributed by atoms with Gasteiger partial charge in [0.25, 0.3) is 11.8 Å². The Bertz CT molecular complexity index is 1000. The van der Waals surface area contributed by atoms with Crippen LogP contribution in [0.3, 0.4) is 0 Å². The molecule has 0 spiro atoms. The highest BCUT2D eigenvalue weighted by molar-refractivity contribution is 7.12. The van der Waals surface area contributed by atoms with Gasteiger partial charge in [0.2, 0.25) is 0 Å². The zero-order valence-electron chi connectivity index (χ0n) is 16.6. The quantitative estimate of drug-likeness (QED) is 0.707. The molecule has 6 nitrogen and oxygen atoms in total. The standard InChI is InChI=1S/C22H24N4O2S/c1-15-12-20(29-14-15)22(28)26-10-8-16(9-11-26)18-13-19(24-23-18)21(27)25(2)17-6-4-3-5-7-17/h3-7,12-14,16H,8-11H2,1-2H3,(H,23,24). The number of hydrogen-bond acceptors (Lipinski definition) is 4. The summed E-state index contributed by atoms with van der Waals surface area (Å²) in [5, 5.41) is 9.30. The Morgan fingerprint density at radius 1 is 1.17 bits per heavy atom. The van der Waals surface area contributed by atoms with Crippen LogP contribution in [-0.2, 0) is 0 Å². The van der Waals surface area contributed by atoms with Crippen LogP contribution in [0.25, 0.3) is 0 Å². The molecule has 1 aliphatic rings. The van der Waals surface area contributed by atoms with Crippen LogP contribution < -0.4 is 4.90 Å². The van der Waals surface area contributed by atoms with Crippen molar-refractivity contribution in [3.05, 3.63) is 69.7 Å². The molecule has 0 atom stereocenters. The first-order valence-corrected chi connectivity index (χ1v) is 10.6. The second kappa shape index (κ2) is 8.21. The van der Waals surface area contributed by atoms with Crippen LogP contribution in [0.4, 0.5) is 5.69 Å². The molecule has 2 amide bonds. The summed E-state index contributed by atoms with van der Waals surface area (Å²) >= 11 is 1.51. The highest BCUT2D eigenvalue weighted by Gasteiger charge is 2.27. The van der Waals surface area contributed by atoms with Gasteiger partial charge in [-0.1, -0.05) is 18.2 Å². The van der Waals surface area contributed by atoms with E-state index in [-0.39, 0.29) is 17.7 Å². The van der Waals surface area contributed by atoms with E-state index >= 15 is 0 Å². The van der Waals surface area contributed by atoms with E-state index in [1.165, 1.54) is 11.3 Å². The van der Waals surface area contributed by atoms with Crippen LogP contribution in [0.15, 0.2) is 47.8 Å². The van der Waals surface area contributed by atoms with Gasteiger partial charge in [-0.25, -0.2) is 0 Å². The minimum atomic E-state index is -0.139. The molecule has 0 unspecified atom stereocenters. The van der Waals surface area contributed by atoms with Crippen LogP contribution in [0, 0.1) is 6.92 Å². The molecule has 0 bridgehead atoms. The minimum Gasteiger partial charge on any atom is -0.338 e. The smallest absolute Gasteiger partial charge is 0.278 e. The number of anilines is 1. The number of aromatic nitrogens is 2. The van der Waals surface area contributed by atoms with Gasteiger partial charge in [-0.15, -0.1) is 11.3 Å². The zero-order valence-corrected chi connectivity index (χ0v) is 17.4. The molecule has 1 fully saturated rings. The van der Waals surface area contributed by atoms with Gasteiger partial charge in [0.05, 0.1) is 4.88 Å². The molecule has 3 heterocycles. The Hall–Kier alpha value is -2.93. The van der Waals surface area contributed by atoms with Gasteiger partial charge in [-0.3, -0.25) is 14.7 Å². The maximum absolute atomic E-state index is 12.7. The topological polar surface area (TPSA) is 69.3 Å². The Kier molecular flexibility index (Phi) is 5.49. The molecule has 0 radical (unpaired) electrons. The van der Waals surface area contributed by atoms with E-state index in [0.29, 0.717) is 18.8 Å². The lowest BCUT2D eigenvalue weighted by Crippen LogP contribution is -2.37. The summed E-state index contributed by atoms with van der Waals surface area (Å²) in [6.45, 7) is 3.44. The van der Waals surface area contributed by atoms with Gasteiger partial charge in [-0.05, 0) is 55.0 Å². The first kappa shape index (κ1) is 19.4. The number of carbonyl (C=O) groups is 2. The van der Waals surface area contributed by atoms with E-state index in [2.05, 4.69) is 10.2 Å². The van der Waals surface area contributed by atoms with Crippen molar-refractivity contribution >= 4 is 28.8 Å². The monoisotopic (exact) mass is 408 g/mol. The fourth-order valence-electron chi connectivity index (χ4n) is 3.69. The number of H-pyrrole nitrogens is 1. The molecule has 1 saturated heterocycles. The Balaban J connectivity index is 1.38. The third-order valence-corrected chi connectivity index (χ3v) is 6.46. The normalized spacial score (nSPS) is 14.8. The molecule has 4 rings (SSSR count). The summed E-state index contributed by atoms with van der Waals surface area (Å²) in [5.41, 5.74) is 3.34. The zero-order chi connectivity index (χ0) is 20.4. The number of aryl methyl sites for hydroxylation is 1. The largest absolute Gasteiger partial charge is 0.338 e. The predicted octanol–water partition coefficient (Wildman–Crippen LogP) is 4.08. The number of thiophene rings is 1. The predicted molar refractivity (Wildman–Crippen MR) is 115 cm³/mol. The summed E-state index contributed by atoms with van der Waals surface area (Å²) in [7, 11) is 1.75. The Morgan fingerprint density at radius 2 is 1.90 bits per heavy atom. The van der Waals surface area contributed by atoms with E-state index in [1.54, 1.807) is 11.9 Å². The molecule has 0 saturated carbocycles. The number of piperidine rings is 1. The Morgan fingerprint density at radius 3 is 2.55 bits per heavy atom. The third kappa shape index (κ3) is 4.10. The first-order valence-electron chi connectivity index (χ1n) is 9.76. The van der Waals surface area contributed by atoms with Crippen LogP contribution in [0.5, 0.6) is 0 Å². The molecular formula is C22H24N4O2S. The molecule has 2 aromatic heterocycles. The molecule has 1 aliphatic heterocycles. The van der Waals surface area contributed by atoms with E-state index < -0.39 is 0 Å². The van der Waals surface area contributed by atoms with Crippen molar-refractivity contribution < 1.29 is 9.59 Å². The van der Waals surface area contributed by atoms with Crippen molar-refractivity contribution in [1.82, 2.24) is 15.1 Å². The number of nitrogens with zero attached hydrogens (tertiary/aromatic N) is 3. The van der Waals surface area contributed by atoms with Gasteiger partial charge >= 0.3 is 0 Å². The first-order chi connectivity index (χ1) is 14.0. The van der Waals surface area contributed by atoms with Gasteiger partial charge in [0, 0.05) is 37.4 Å². The lowest BCUT2D eigenvalue weighted by molar-refractivity contribution is 0.0717. The number of para-hydroxylation sites is 1. The SMILES string of the molecule is Cc1csc(C(=O)N2CCC(c3cc(C(=O)N(C)c4ccccc4)n[nH]3)CC2)c1. The van der Waals surface area contributed by atoms with Crippen molar-refractivity contribution in [3.8, 4) is 0 Å². The van der Waals surface area contributed by atoms with E-state index in [4.69, 9.17) is 0 Å². The Labute approximate surface area is 174 Å². The van der Waals surface area contributed by atoms with Gasteiger partial charge < -0.3 is 9.80 Å². The van der Waals surface area contributed by atoms with E-state index in [9.17, 15) is 9.59 Å². The maximum Gasteiger partial charge on any atom is 0.278 e. The molecule has 150 valence electrons. The van der Waals surface area contributed by atoms with Gasteiger partial charge in [-0.2, -0.15) is 5.10 Å². The number of rotatable bonds is 4. The fraction of sp³-hybridized carbons (Fsp3) is 0.318. The number of hydrogen-bond donors (Lipinski definition) is 1. The van der Waals surface area contributed by atoms with Crippen LogP contribution in [0.1, 0.15) is 50.2 Å². The summed E-state index contributed by atoms with van der Waals surface area (Å²) in [4.78, 5) is 29.7. The number of benzene rings is 1. The average molecular weight is 409 g/mol. The highest BCUT2D eigenvalue weighted by atomic mass is 32.1. The number of aromatic amines is 1. The number of carbonyl (C=O) groups excluding carboxylic acids is 2. The lowest BCUT2D eigenvalue weighted by Gasteiger charge is -2.31. The molecule has 3 aromatic rings. The van der Waals surface area contributed by atoms with Crippen molar-refractivity contribution in [1.29, 1.82) is 0 Å². The second-order valence-electron chi connectivity index (χ2n) is 7.46. The van der Waals surface area contributed by atoms with Crippen LogP contribution in [0.2, 0.25) is 0 Å². The lowest BCUT2D eigenvalue weighted by atomic mass is 9.93. The van der Waals surface area contributed by atoms with Gasteiger partial charge in [0.15, 0.2) is 5.69 Å². The summed E-state index contributed by atoms with van der Waals surface area (Å²) < 4.78 is 0. The van der Waals surface area contributed by atoms with Crippen molar-refractivity contribution in [2.24, 2.45) is 0 Å². The molecule has 1 N–H and O–H groups in total. The van der Waals surface area contributed by atoms with Crippen molar-refractivity contribution in [2.75, 3.05) is 25.0 Å². The van der Waals surface area contributed by atoms with Crippen molar-refractivity contribution in [2.45, 2.75) is 25.7 Å². The number of nitrogens with one attached hydrogen (secondary N) is 1. The van der Waals surface area contributed by atoms with E-state index in [0.717, 1.165) is 34.7 Å². The highest BCUT2D eigenvalue weighted by Crippen LogP contribution is 2.29. The average Bonchev–Trinajstić information content (AvgIpc) is 3.42.